The van der Waals surface area contributed by atoms with Crippen LogP contribution >= 0.6 is 0 Å². The molecule has 2 atom stereocenters. The number of imidazole rings is 1. The van der Waals surface area contributed by atoms with Crippen LogP contribution in [0.3, 0.4) is 0 Å². The lowest BCUT2D eigenvalue weighted by Crippen LogP contribution is -2.25. The van der Waals surface area contributed by atoms with Gasteiger partial charge in [-0.1, -0.05) is 38.1 Å². The van der Waals surface area contributed by atoms with Gasteiger partial charge < -0.3 is 14.4 Å². The predicted molar refractivity (Wildman–Crippen MR) is 97.1 cm³/mol. The van der Waals surface area contributed by atoms with Gasteiger partial charge in [0.15, 0.2) is 0 Å². The van der Waals surface area contributed by atoms with Gasteiger partial charge in [-0.2, -0.15) is 0 Å². The zero-order valence-corrected chi connectivity index (χ0v) is 14.7. The molecule has 0 bridgehead atoms. The van der Waals surface area contributed by atoms with Crippen LogP contribution < -0.4 is 0 Å². The number of hydrogen-bond acceptors (Lipinski definition) is 3. The SMILES string of the molecule is CC(C)c1nc2ccccc2n1C[C@H](O)COC[C@H]1CC=CCC1. The van der Waals surface area contributed by atoms with Gasteiger partial charge in [0.2, 0.25) is 0 Å². The summed E-state index contributed by atoms with van der Waals surface area (Å²) in [4.78, 5) is 4.72. The molecule has 1 heterocycles. The van der Waals surface area contributed by atoms with E-state index in [0.29, 0.717) is 25.0 Å². The monoisotopic (exact) mass is 328 g/mol. The lowest BCUT2D eigenvalue weighted by Gasteiger charge is -2.20. The van der Waals surface area contributed by atoms with Crippen molar-refractivity contribution < 1.29 is 9.84 Å². The van der Waals surface area contributed by atoms with Crippen molar-refractivity contribution in [2.24, 2.45) is 5.92 Å². The Bertz CT molecular complexity index is 690. The number of hydrogen-bond donors (Lipinski definition) is 1. The van der Waals surface area contributed by atoms with E-state index in [2.05, 4.69) is 36.6 Å². The fourth-order valence-corrected chi connectivity index (χ4v) is 3.37. The Morgan fingerprint density at radius 2 is 2.12 bits per heavy atom. The summed E-state index contributed by atoms with van der Waals surface area (Å²) in [5, 5.41) is 10.4. The van der Waals surface area contributed by atoms with Crippen molar-refractivity contribution in [1.82, 2.24) is 9.55 Å². The standard InChI is InChI=1S/C20H28N2O2/c1-15(2)20-21-18-10-6-7-11-19(18)22(20)12-17(23)14-24-13-16-8-4-3-5-9-16/h3-4,6-7,10-11,15-17,23H,5,8-9,12-14H2,1-2H3/t16-,17-/m0/s1. The molecule has 4 nitrogen and oxygen atoms in total. The van der Waals surface area contributed by atoms with Gasteiger partial charge in [-0.3, -0.25) is 0 Å². The fourth-order valence-electron chi connectivity index (χ4n) is 3.37. The second kappa shape index (κ2) is 7.95. The van der Waals surface area contributed by atoms with E-state index in [1.165, 1.54) is 6.42 Å². The van der Waals surface area contributed by atoms with Crippen molar-refractivity contribution in [1.29, 1.82) is 0 Å². The molecule has 130 valence electrons. The van der Waals surface area contributed by atoms with Crippen LogP contribution in [0.1, 0.15) is 44.9 Å². The molecule has 1 N–H and O–H groups in total. The average molecular weight is 328 g/mol. The van der Waals surface area contributed by atoms with Crippen LogP contribution in [0, 0.1) is 5.92 Å². The first-order chi connectivity index (χ1) is 11.6. The maximum absolute atomic E-state index is 10.4. The number of para-hydroxylation sites is 2. The fraction of sp³-hybridized carbons (Fsp3) is 0.550. The average Bonchev–Trinajstić information content (AvgIpc) is 2.95. The van der Waals surface area contributed by atoms with E-state index in [0.717, 1.165) is 36.3 Å². The second-order valence-corrected chi connectivity index (χ2v) is 7.07. The van der Waals surface area contributed by atoms with Crippen molar-refractivity contribution in [3.8, 4) is 0 Å². The molecule has 0 saturated heterocycles. The molecular weight excluding hydrogens is 300 g/mol. The van der Waals surface area contributed by atoms with Gasteiger partial charge in [-0.05, 0) is 37.3 Å². The van der Waals surface area contributed by atoms with Crippen LogP contribution in [0.25, 0.3) is 11.0 Å². The molecule has 24 heavy (non-hydrogen) atoms. The highest BCUT2D eigenvalue weighted by molar-refractivity contribution is 5.76. The van der Waals surface area contributed by atoms with Crippen molar-refractivity contribution in [3.05, 3.63) is 42.2 Å². The summed E-state index contributed by atoms with van der Waals surface area (Å²) in [5.41, 5.74) is 2.07. The van der Waals surface area contributed by atoms with Crippen LogP contribution in [0.4, 0.5) is 0 Å². The number of rotatable bonds is 7. The predicted octanol–water partition coefficient (Wildman–Crippen LogP) is 3.89. The maximum atomic E-state index is 10.4. The molecule has 3 rings (SSSR count). The summed E-state index contributed by atoms with van der Waals surface area (Å²) in [6.45, 7) is 5.92. The minimum Gasteiger partial charge on any atom is -0.389 e. The molecular formula is C20H28N2O2. The van der Waals surface area contributed by atoms with E-state index >= 15 is 0 Å². The smallest absolute Gasteiger partial charge is 0.112 e. The van der Waals surface area contributed by atoms with Gasteiger partial charge in [-0.25, -0.2) is 4.98 Å². The Morgan fingerprint density at radius 1 is 1.29 bits per heavy atom. The molecule has 4 heteroatoms. The second-order valence-electron chi connectivity index (χ2n) is 7.07. The highest BCUT2D eigenvalue weighted by atomic mass is 16.5. The molecule has 0 unspecified atom stereocenters. The van der Waals surface area contributed by atoms with E-state index in [1.54, 1.807) is 0 Å². The highest BCUT2D eigenvalue weighted by Gasteiger charge is 2.17. The van der Waals surface area contributed by atoms with Crippen molar-refractivity contribution >= 4 is 11.0 Å². The van der Waals surface area contributed by atoms with E-state index < -0.39 is 6.10 Å². The number of aromatic nitrogens is 2. The van der Waals surface area contributed by atoms with E-state index in [9.17, 15) is 5.11 Å². The zero-order valence-electron chi connectivity index (χ0n) is 14.7. The summed E-state index contributed by atoms with van der Waals surface area (Å²) in [5.74, 6) is 1.94. The summed E-state index contributed by atoms with van der Waals surface area (Å²) in [6.07, 6.45) is 7.40. The molecule has 0 radical (unpaired) electrons. The molecule has 0 spiro atoms. The number of aliphatic hydroxyl groups excluding tert-OH is 1. The number of ether oxygens (including phenoxy) is 1. The van der Waals surface area contributed by atoms with Crippen LogP contribution in [0.5, 0.6) is 0 Å². The van der Waals surface area contributed by atoms with E-state index in [-0.39, 0.29) is 0 Å². The quantitative estimate of drug-likeness (QED) is 0.784. The molecule has 1 aliphatic carbocycles. The van der Waals surface area contributed by atoms with Crippen LogP contribution in [-0.4, -0.2) is 34.0 Å². The Labute approximate surface area is 144 Å². The first-order valence-corrected chi connectivity index (χ1v) is 9.01. The third-order valence-corrected chi connectivity index (χ3v) is 4.64. The topological polar surface area (TPSA) is 47.3 Å². The van der Waals surface area contributed by atoms with Crippen molar-refractivity contribution in [2.45, 2.75) is 51.7 Å². The van der Waals surface area contributed by atoms with Gasteiger partial charge in [0.05, 0.1) is 30.3 Å². The number of fused-ring (bicyclic) bond motifs is 1. The molecule has 0 amide bonds. The van der Waals surface area contributed by atoms with E-state index in [4.69, 9.17) is 9.72 Å². The van der Waals surface area contributed by atoms with Gasteiger partial charge in [-0.15, -0.1) is 0 Å². The Kier molecular flexibility index (Phi) is 5.69. The van der Waals surface area contributed by atoms with Gasteiger partial charge in [0.25, 0.3) is 0 Å². The minimum absolute atomic E-state index is 0.319. The van der Waals surface area contributed by atoms with Crippen LogP contribution in [-0.2, 0) is 11.3 Å². The van der Waals surface area contributed by atoms with E-state index in [1.807, 2.05) is 18.2 Å². The first-order valence-electron chi connectivity index (χ1n) is 9.01. The molecule has 0 aliphatic heterocycles. The lowest BCUT2D eigenvalue weighted by atomic mass is 9.95. The van der Waals surface area contributed by atoms with Gasteiger partial charge in [0.1, 0.15) is 5.82 Å². The lowest BCUT2D eigenvalue weighted by molar-refractivity contribution is 0.0127. The number of aliphatic hydroxyl groups is 1. The molecule has 1 aromatic heterocycles. The third kappa shape index (κ3) is 4.05. The molecule has 1 aliphatic rings. The maximum Gasteiger partial charge on any atom is 0.112 e. The van der Waals surface area contributed by atoms with Crippen LogP contribution in [0.15, 0.2) is 36.4 Å². The van der Waals surface area contributed by atoms with Crippen molar-refractivity contribution in [3.63, 3.8) is 0 Å². The Hall–Kier alpha value is -1.65. The minimum atomic E-state index is -0.515. The first kappa shape index (κ1) is 17.2. The normalized spacial score (nSPS) is 19.2. The molecule has 1 aromatic carbocycles. The third-order valence-electron chi connectivity index (χ3n) is 4.64. The van der Waals surface area contributed by atoms with Gasteiger partial charge >= 0.3 is 0 Å². The Balaban J connectivity index is 1.61. The van der Waals surface area contributed by atoms with Crippen LogP contribution in [0.2, 0.25) is 0 Å². The molecule has 0 saturated carbocycles. The number of allylic oxidation sites excluding steroid dienone is 2. The summed E-state index contributed by atoms with van der Waals surface area (Å²) in [7, 11) is 0. The largest absolute Gasteiger partial charge is 0.389 e. The van der Waals surface area contributed by atoms with Gasteiger partial charge in [0, 0.05) is 12.5 Å². The Morgan fingerprint density at radius 3 is 2.88 bits per heavy atom. The number of benzene rings is 1. The summed E-state index contributed by atoms with van der Waals surface area (Å²) in [6, 6.07) is 8.11. The number of nitrogens with zero attached hydrogens (tertiary/aromatic N) is 2. The highest BCUT2D eigenvalue weighted by Crippen LogP contribution is 2.22. The summed E-state index contributed by atoms with van der Waals surface area (Å²) >= 11 is 0. The molecule has 2 aromatic rings. The van der Waals surface area contributed by atoms with Crippen molar-refractivity contribution in [2.75, 3.05) is 13.2 Å². The molecule has 0 fully saturated rings. The summed E-state index contributed by atoms with van der Waals surface area (Å²) < 4.78 is 7.91. The zero-order chi connectivity index (χ0) is 16.9.